The summed E-state index contributed by atoms with van der Waals surface area (Å²) in [5.74, 6) is 0.107. The summed E-state index contributed by atoms with van der Waals surface area (Å²) in [4.78, 5) is 14.7. The minimum atomic E-state index is -0.641. The quantitative estimate of drug-likeness (QED) is 0.908. The van der Waals surface area contributed by atoms with Gasteiger partial charge in [-0.05, 0) is 25.3 Å². The third-order valence-electron chi connectivity index (χ3n) is 4.64. The van der Waals surface area contributed by atoms with Crippen LogP contribution in [0.4, 0.5) is 0 Å². The van der Waals surface area contributed by atoms with Gasteiger partial charge in [0.25, 0.3) is 0 Å². The van der Waals surface area contributed by atoms with Crippen LogP contribution in [0.25, 0.3) is 0 Å². The highest BCUT2D eigenvalue weighted by Gasteiger charge is 2.42. The number of rotatable bonds is 2. The number of benzene rings is 1. The maximum atomic E-state index is 12.8. The first-order chi connectivity index (χ1) is 10.1. The zero-order valence-corrected chi connectivity index (χ0v) is 12.6. The molecular formula is C17H24N2O2. The summed E-state index contributed by atoms with van der Waals surface area (Å²) < 4.78 is 6.01. The van der Waals surface area contributed by atoms with Crippen LogP contribution in [0.15, 0.2) is 30.3 Å². The van der Waals surface area contributed by atoms with Crippen molar-refractivity contribution in [2.45, 2.75) is 50.4 Å². The van der Waals surface area contributed by atoms with E-state index in [1.165, 1.54) is 0 Å². The lowest BCUT2D eigenvalue weighted by molar-refractivity contribution is -0.150. The molecule has 21 heavy (non-hydrogen) atoms. The number of carbonyl (C=O) groups excluding carboxylic acids is 1. The number of carbonyl (C=O) groups is 1. The first-order valence-corrected chi connectivity index (χ1v) is 7.87. The van der Waals surface area contributed by atoms with E-state index in [9.17, 15) is 4.79 Å². The van der Waals surface area contributed by atoms with Crippen LogP contribution in [0, 0.1) is 0 Å². The van der Waals surface area contributed by atoms with E-state index in [0.717, 1.165) is 31.2 Å². The lowest BCUT2D eigenvalue weighted by Gasteiger charge is -2.40. The number of ether oxygens (including phenoxy) is 1. The van der Waals surface area contributed by atoms with E-state index in [1.807, 2.05) is 30.0 Å². The molecule has 1 amide bonds. The zero-order chi connectivity index (χ0) is 14.9. The third-order valence-corrected chi connectivity index (χ3v) is 4.64. The first kappa shape index (κ1) is 14.5. The van der Waals surface area contributed by atoms with Gasteiger partial charge in [-0.1, -0.05) is 43.2 Å². The van der Waals surface area contributed by atoms with E-state index in [1.54, 1.807) is 0 Å². The Balaban J connectivity index is 1.75. The van der Waals surface area contributed by atoms with Crippen molar-refractivity contribution in [2.75, 3.05) is 13.1 Å². The summed E-state index contributed by atoms with van der Waals surface area (Å²) in [5, 5.41) is 0. The average molecular weight is 288 g/mol. The number of morpholine rings is 1. The molecule has 1 aromatic carbocycles. The lowest BCUT2D eigenvalue weighted by atomic mass is 9.95. The molecule has 2 unspecified atom stereocenters. The molecule has 2 atom stereocenters. The van der Waals surface area contributed by atoms with Crippen LogP contribution in [-0.2, 0) is 9.53 Å². The summed E-state index contributed by atoms with van der Waals surface area (Å²) in [6, 6.07) is 10.1. The van der Waals surface area contributed by atoms with Crippen LogP contribution in [0.3, 0.4) is 0 Å². The molecule has 0 bridgehead atoms. The minimum Gasteiger partial charge on any atom is -0.367 e. The fourth-order valence-electron chi connectivity index (χ4n) is 3.50. The Morgan fingerprint density at radius 3 is 2.57 bits per heavy atom. The fourth-order valence-corrected chi connectivity index (χ4v) is 3.50. The largest absolute Gasteiger partial charge is 0.367 e. The Morgan fingerprint density at radius 1 is 1.24 bits per heavy atom. The highest BCUT2D eigenvalue weighted by atomic mass is 16.5. The molecule has 4 nitrogen and oxygen atoms in total. The van der Waals surface area contributed by atoms with Gasteiger partial charge in [0.1, 0.15) is 6.10 Å². The van der Waals surface area contributed by atoms with Crippen molar-refractivity contribution in [2.24, 2.45) is 5.73 Å². The Hall–Kier alpha value is -1.39. The van der Waals surface area contributed by atoms with E-state index in [-0.39, 0.29) is 18.1 Å². The van der Waals surface area contributed by atoms with E-state index < -0.39 is 5.54 Å². The van der Waals surface area contributed by atoms with Crippen molar-refractivity contribution < 1.29 is 9.53 Å². The average Bonchev–Trinajstić information content (AvgIpc) is 2.95. The number of nitrogens with two attached hydrogens (primary N) is 1. The van der Waals surface area contributed by atoms with E-state index in [4.69, 9.17) is 10.5 Å². The van der Waals surface area contributed by atoms with Gasteiger partial charge in [0, 0.05) is 6.54 Å². The van der Waals surface area contributed by atoms with Crippen molar-refractivity contribution in [3.05, 3.63) is 35.9 Å². The second kappa shape index (κ2) is 5.78. The molecule has 2 N–H and O–H groups in total. The molecule has 4 heteroatoms. The van der Waals surface area contributed by atoms with Crippen molar-refractivity contribution >= 4 is 5.91 Å². The second-order valence-electron chi connectivity index (χ2n) is 6.42. The molecule has 1 heterocycles. The van der Waals surface area contributed by atoms with Crippen molar-refractivity contribution in [1.29, 1.82) is 0 Å². The zero-order valence-electron chi connectivity index (χ0n) is 12.6. The Kier molecular flexibility index (Phi) is 4.00. The molecule has 2 fully saturated rings. The van der Waals surface area contributed by atoms with Gasteiger partial charge in [-0.3, -0.25) is 4.79 Å². The molecule has 1 aromatic rings. The molecule has 0 aromatic heterocycles. The maximum absolute atomic E-state index is 12.8. The molecule has 1 saturated heterocycles. The number of hydrogen-bond acceptors (Lipinski definition) is 3. The lowest BCUT2D eigenvalue weighted by Crippen LogP contribution is -2.57. The predicted molar refractivity (Wildman–Crippen MR) is 81.7 cm³/mol. The fraction of sp³-hybridized carbons (Fsp3) is 0.588. The van der Waals surface area contributed by atoms with Gasteiger partial charge >= 0.3 is 0 Å². The predicted octanol–water partition coefficient (Wildman–Crippen LogP) is 2.25. The van der Waals surface area contributed by atoms with E-state index >= 15 is 0 Å². The number of amides is 1. The standard InChI is InChI=1S/C17H24N2O2/c1-13-11-19(16(20)17(18)9-5-6-10-17)12-15(21-13)14-7-3-2-4-8-14/h2-4,7-8,13,15H,5-6,9-12,18H2,1H3. The molecule has 1 saturated carbocycles. The van der Waals surface area contributed by atoms with Gasteiger partial charge in [-0.25, -0.2) is 0 Å². The van der Waals surface area contributed by atoms with Gasteiger partial charge in [0.05, 0.1) is 18.2 Å². The Bertz CT molecular complexity index is 497. The van der Waals surface area contributed by atoms with Gasteiger partial charge in [-0.15, -0.1) is 0 Å². The Morgan fingerprint density at radius 2 is 1.90 bits per heavy atom. The number of hydrogen-bond donors (Lipinski definition) is 1. The summed E-state index contributed by atoms with van der Waals surface area (Å²) in [5.41, 5.74) is 6.81. The van der Waals surface area contributed by atoms with Gasteiger partial charge < -0.3 is 15.4 Å². The molecular weight excluding hydrogens is 264 g/mol. The number of nitrogens with zero attached hydrogens (tertiary/aromatic N) is 1. The van der Waals surface area contributed by atoms with Crippen molar-refractivity contribution in [3.8, 4) is 0 Å². The first-order valence-electron chi connectivity index (χ1n) is 7.87. The molecule has 114 valence electrons. The summed E-state index contributed by atoms with van der Waals surface area (Å²) in [6.07, 6.45) is 3.73. The van der Waals surface area contributed by atoms with E-state index in [2.05, 4.69) is 12.1 Å². The molecule has 2 aliphatic rings. The van der Waals surface area contributed by atoms with Gasteiger partial charge in [0.15, 0.2) is 0 Å². The van der Waals surface area contributed by atoms with Gasteiger partial charge in [0.2, 0.25) is 5.91 Å². The molecule has 1 aliphatic carbocycles. The van der Waals surface area contributed by atoms with Crippen LogP contribution in [0.1, 0.15) is 44.3 Å². The van der Waals surface area contributed by atoms with Crippen LogP contribution in [0.2, 0.25) is 0 Å². The summed E-state index contributed by atoms with van der Waals surface area (Å²) >= 11 is 0. The SMILES string of the molecule is CC1CN(C(=O)C2(N)CCCC2)CC(c2ccccc2)O1. The van der Waals surface area contributed by atoms with Crippen molar-refractivity contribution in [3.63, 3.8) is 0 Å². The summed E-state index contributed by atoms with van der Waals surface area (Å²) in [6.45, 7) is 3.26. The summed E-state index contributed by atoms with van der Waals surface area (Å²) in [7, 11) is 0. The van der Waals surface area contributed by atoms with Crippen LogP contribution in [0.5, 0.6) is 0 Å². The van der Waals surface area contributed by atoms with Crippen LogP contribution >= 0.6 is 0 Å². The Labute approximate surface area is 126 Å². The van der Waals surface area contributed by atoms with Crippen LogP contribution < -0.4 is 5.73 Å². The van der Waals surface area contributed by atoms with E-state index in [0.29, 0.717) is 13.1 Å². The maximum Gasteiger partial charge on any atom is 0.242 e. The highest BCUT2D eigenvalue weighted by Crippen LogP contribution is 2.32. The normalized spacial score (nSPS) is 28.6. The molecule has 1 aliphatic heterocycles. The van der Waals surface area contributed by atoms with Gasteiger partial charge in [-0.2, -0.15) is 0 Å². The molecule has 3 rings (SSSR count). The smallest absolute Gasteiger partial charge is 0.242 e. The molecule has 0 spiro atoms. The second-order valence-corrected chi connectivity index (χ2v) is 6.42. The monoisotopic (exact) mass is 288 g/mol. The molecule has 0 radical (unpaired) electrons. The topological polar surface area (TPSA) is 55.6 Å². The highest BCUT2D eigenvalue weighted by molar-refractivity contribution is 5.86. The van der Waals surface area contributed by atoms with Crippen molar-refractivity contribution in [1.82, 2.24) is 4.90 Å². The van der Waals surface area contributed by atoms with Crippen LogP contribution in [-0.4, -0.2) is 35.5 Å². The minimum absolute atomic E-state index is 0.0397. The third kappa shape index (κ3) is 2.97.